The van der Waals surface area contributed by atoms with E-state index in [1.54, 1.807) is 6.07 Å². The van der Waals surface area contributed by atoms with E-state index in [2.05, 4.69) is 5.32 Å². The molecular weight excluding hydrogens is 398 g/mol. The van der Waals surface area contributed by atoms with E-state index in [9.17, 15) is 14.4 Å². The van der Waals surface area contributed by atoms with Crippen molar-refractivity contribution in [1.29, 1.82) is 0 Å². The monoisotopic (exact) mass is 410 g/mol. The number of carboxylic acid groups (broad SMARTS) is 1. The maximum atomic E-state index is 11.9. The number of primary amides is 1. The summed E-state index contributed by atoms with van der Waals surface area (Å²) in [4.78, 5) is 33.6. The molecule has 6 nitrogen and oxygen atoms in total. The molecule has 0 fully saturated rings. The zero-order chi connectivity index (χ0) is 15.3. The largest absolute Gasteiger partial charge is 0.480 e. The molecule has 0 saturated carbocycles. The van der Waals surface area contributed by atoms with Crippen LogP contribution in [0.5, 0.6) is 0 Å². The first-order valence-corrected chi connectivity index (χ1v) is 7.04. The second kappa shape index (κ2) is 7.44. The molecule has 0 aliphatic rings. The molecule has 1 atom stereocenters. The zero-order valence-corrected chi connectivity index (χ0v) is 13.1. The average molecular weight is 411 g/mol. The highest BCUT2D eigenvalue weighted by molar-refractivity contribution is 14.1. The fourth-order valence-corrected chi connectivity index (χ4v) is 1.94. The van der Waals surface area contributed by atoms with Gasteiger partial charge < -0.3 is 16.2 Å². The second-order valence-electron chi connectivity index (χ2n) is 4.00. The third kappa shape index (κ3) is 4.97. The molecule has 0 spiro atoms. The van der Waals surface area contributed by atoms with Crippen LogP contribution in [0, 0.1) is 3.57 Å². The second-order valence-corrected chi connectivity index (χ2v) is 5.57. The first kappa shape index (κ1) is 16.7. The summed E-state index contributed by atoms with van der Waals surface area (Å²) in [5.74, 6) is -2.42. The molecule has 0 bridgehead atoms. The maximum absolute atomic E-state index is 11.9. The summed E-state index contributed by atoms with van der Waals surface area (Å²) in [5.41, 5.74) is 5.21. The van der Waals surface area contributed by atoms with Gasteiger partial charge in [-0.2, -0.15) is 0 Å². The molecule has 1 aromatic rings. The van der Waals surface area contributed by atoms with Gasteiger partial charge >= 0.3 is 5.97 Å². The molecular formula is C12H12ClIN2O4. The Morgan fingerprint density at radius 3 is 2.55 bits per heavy atom. The van der Waals surface area contributed by atoms with Gasteiger partial charge in [0.05, 0.1) is 5.02 Å². The third-order valence-corrected chi connectivity index (χ3v) is 4.04. The maximum Gasteiger partial charge on any atom is 0.326 e. The van der Waals surface area contributed by atoms with Crippen molar-refractivity contribution in [3.63, 3.8) is 0 Å². The third-order valence-electron chi connectivity index (χ3n) is 2.46. The Morgan fingerprint density at radius 2 is 2.05 bits per heavy atom. The molecule has 8 heteroatoms. The van der Waals surface area contributed by atoms with Crippen LogP contribution in [0.15, 0.2) is 18.2 Å². The molecule has 20 heavy (non-hydrogen) atoms. The van der Waals surface area contributed by atoms with Crippen LogP contribution in [-0.2, 0) is 9.59 Å². The van der Waals surface area contributed by atoms with Gasteiger partial charge in [-0.1, -0.05) is 11.6 Å². The van der Waals surface area contributed by atoms with Crippen LogP contribution in [0.1, 0.15) is 23.2 Å². The van der Waals surface area contributed by atoms with Gasteiger partial charge in [-0.3, -0.25) is 9.59 Å². The molecule has 1 aromatic carbocycles. The molecule has 0 aromatic heterocycles. The van der Waals surface area contributed by atoms with Crippen LogP contribution in [0.3, 0.4) is 0 Å². The standard InChI is InChI=1S/C12H12ClIN2O4/c13-7-5-6(1-2-8(7)14)11(18)16-9(12(19)20)3-4-10(15)17/h1-2,5,9H,3-4H2,(H2,15,17)(H,16,18)(H,19,20)/t9-/m0/s1. The minimum absolute atomic E-state index is 0.0610. The number of amides is 2. The highest BCUT2D eigenvalue weighted by atomic mass is 127. The van der Waals surface area contributed by atoms with Crippen molar-refractivity contribution in [1.82, 2.24) is 5.32 Å². The van der Waals surface area contributed by atoms with Gasteiger partial charge in [-0.15, -0.1) is 0 Å². The molecule has 2 amide bonds. The number of carbonyl (C=O) groups excluding carboxylic acids is 2. The minimum atomic E-state index is -1.23. The Hall–Kier alpha value is -1.35. The summed E-state index contributed by atoms with van der Waals surface area (Å²) >= 11 is 7.91. The number of nitrogens with two attached hydrogens (primary N) is 1. The van der Waals surface area contributed by atoms with Crippen molar-refractivity contribution in [3.8, 4) is 0 Å². The Kier molecular flexibility index (Phi) is 6.21. The zero-order valence-electron chi connectivity index (χ0n) is 10.2. The number of rotatable bonds is 6. The molecule has 0 aliphatic heterocycles. The van der Waals surface area contributed by atoms with Crippen LogP contribution in [-0.4, -0.2) is 28.9 Å². The Morgan fingerprint density at radius 1 is 1.40 bits per heavy atom. The van der Waals surface area contributed by atoms with Gasteiger partial charge in [0.2, 0.25) is 5.91 Å². The van der Waals surface area contributed by atoms with Crippen molar-refractivity contribution in [2.75, 3.05) is 0 Å². The minimum Gasteiger partial charge on any atom is -0.480 e. The van der Waals surface area contributed by atoms with E-state index < -0.39 is 23.8 Å². The van der Waals surface area contributed by atoms with Crippen molar-refractivity contribution in [2.45, 2.75) is 18.9 Å². The number of halogens is 2. The molecule has 0 unspecified atom stereocenters. The normalized spacial score (nSPS) is 11.7. The lowest BCUT2D eigenvalue weighted by Gasteiger charge is -2.14. The number of hydrogen-bond acceptors (Lipinski definition) is 3. The first-order valence-electron chi connectivity index (χ1n) is 5.58. The Bertz CT molecular complexity index is 550. The van der Waals surface area contributed by atoms with Gasteiger partial charge in [0.1, 0.15) is 6.04 Å². The molecule has 0 heterocycles. The first-order chi connectivity index (χ1) is 9.31. The van der Waals surface area contributed by atoms with Gasteiger partial charge in [0, 0.05) is 15.6 Å². The van der Waals surface area contributed by atoms with Gasteiger partial charge in [0.25, 0.3) is 5.91 Å². The van der Waals surface area contributed by atoms with Crippen LogP contribution in [0.4, 0.5) is 0 Å². The fraction of sp³-hybridized carbons (Fsp3) is 0.250. The average Bonchev–Trinajstić information content (AvgIpc) is 2.36. The quantitative estimate of drug-likeness (QED) is 0.616. The van der Waals surface area contributed by atoms with Crippen LogP contribution in [0.25, 0.3) is 0 Å². The molecule has 1 rings (SSSR count). The number of benzene rings is 1. The predicted molar refractivity (Wildman–Crippen MR) is 81.5 cm³/mol. The predicted octanol–water partition coefficient (Wildman–Crippen LogP) is 1.39. The topological polar surface area (TPSA) is 109 Å². The van der Waals surface area contributed by atoms with Crippen molar-refractivity contribution >= 4 is 52.0 Å². The van der Waals surface area contributed by atoms with E-state index in [0.717, 1.165) is 3.57 Å². The number of aliphatic carboxylic acids is 1. The van der Waals surface area contributed by atoms with E-state index in [0.29, 0.717) is 5.02 Å². The van der Waals surface area contributed by atoms with Crippen molar-refractivity contribution in [2.24, 2.45) is 5.73 Å². The van der Waals surface area contributed by atoms with Crippen LogP contribution >= 0.6 is 34.2 Å². The molecule has 0 saturated heterocycles. The summed E-state index contributed by atoms with van der Waals surface area (Å²) in [7, 11) is 0. The molecule has 0 aliphatic carbocycles. The van der Waals surface area contributed by atoms with E-state index in [4.69, 9.17) is 22.4 Å². The lowest BCUT2D eigenvalue weighted by Crippen LogP contribution is -2.41. The van der Waals surface area contributed by atoms with E-state index >= 15 is 0 Å². The van der Waals surface area contributed by atoms with Crippen LogP contribution < -0.4 is 11.1 Å². The van der Waals surface area contributed by atoms with Gasteiger partial charge in [-0.25, -0.2) is 4.79 Å². The van der Waals surface area contributed by atoms with E-state index in [1.807, 2.05) is 22.6 Å². The summed E-state index contributed by atoms with van der Waals surface area (Å²) in [5, 5.41) is 11.7. The lowest BCUT2D eigenvalue weighted by atomic mass is 10.1. The Labute approximate surface area is 133 Å². The molecule has 4 N–H and O–H groups in total. The highest BCUT2D eigenvalue weighted by Crippen LogP contribution is 2.19. The number of nitrogens with one attached hydrogen (secondary N) is 1. The number of hydrogen-bond donors (Lipinski definition) is 3. The molecule has 108 valence electrons. The summed E-state index contributed by atoms with van der Waals surface area (Å²) in [6, 6.07) is 3.46. The summed E-state index contributed by atoms with van der Waals surface area (Å²) in [6.07, 6.45) is -0.181. The van der Waals surface area contributed by atoms with Gasteiger partial charge in [-0.05, 0) is 47.2 Å². The number of carbonyl (C=O) groups is 3. The molecule has 0 radical (unpaired) electrons. The number of carboxylic acids is 1. The smallest absolute Gasteiger partial charge is 0.326 e. The van der Waals surface area contributed by atoms with Crippen molar-refractivity contribution in [3.05, 3.63) is 32.4 Å². The highest BCUT2D eigenvalue weighted by Gasteiger charge is 2.21. The van der Waals surface area contributed by atoms with Crippen molar-refractivity contribution < 1.29 is 19.5 Å². The van der Waals surface area contributed by atoms with Crippen LogP contribution in [0.2, 0.25) is 5.02 Å². The van der Waals surface area contributed by atoms with E-state index in [1.165, 1.54) is 12.1 Å². The fourth-order valence-electron chi connectivity index (χ4n) is 1.42. The Balaban J connectivity index is 2.77. The SMILES string of the molecule is NC(=O)CC[C@H](NC(=O)c1ccc(I)c(Cl)c1)C(=O)O. The summed E-state index contributed by atoms with van der Waals surface area (Å²) in [6.45, 7) is 0. The lowest BCUT2D eigenvalue weighted by molar-refractivity contribution is -0.139. The van der Waals surface area contributed by atoms with E-state index in [-0.39, 0.29) is 18.4 Å². The summed E-state index contributed by atoms with van der Waals surface area (Å²) < 4.78 is 0.782. The van der Waals surface area contributed by atoms with Gasteiger partial charge in [0.15, 0.2) is 0 Å².